The summed E-state index contributed by atoms with van der Waals surface area (Å²) < 4.78 is 10.8. The summed E-state index contributed by atoms with van der Waals surface area (Å²) in [5.41, 5.74) is 2.87. The van der Waals surface area contributed by atoms with Crippen LogP contribution in [-0.2, 0) is 9.47 Å². The lowest BCUT2D eigenvalue weighted by molar-refractivity contribution is 0.0313. The van der Waals surface area contributed by atoms with Gasteiger partial charge < -0.3 is 9.47 Å². The fraction of sp³-hybridized carbons (Fsp3) is 1.00. The van der Waals surface area contributed by atoms with Gasteiger partial charge in [-0.25, -0.2) is 0 Å². The molecule has 0 bridgehead atoms. The number of nitrogens with one attached hydrogen (secondary N) is 1. The molecule has 0 aromatic rings. The van der Waals surface area contributed by atoms with Gasteiger partial charge in [-0.05, 0) is 32.1 Å². The van der Waals surface area contributed by atoms with Crippen LogP contribution in [0.3, 0.4) is 0 Å². The maximum atomic E-state index is 5.52. The molecule has 0 spiro atoms. The average Bonchev–Trinajstić information content (AvgIpc) is 2.26. The molecule has 1 heterocycles. The minimum atomic E-state index is 0.335. The van der Waals surface area contributed by atoms with Gasteiger partial charge >= 0.3 is 0 Å². The lowest BCUT2D eigenvalue weighted by Crippen LogP contribution is -2.44. The van der Waals surface area contributed by atoms with Gasteiger partial charge in [0, 0.05) is 25.9 Å². The van der Waals surface area contributed by atoms with E-state index in [-0.39, 0.29) is 0 Å². The van der Waals surface area contributed by atoms with Crippen LogP contribution in [0.25, 0.3) is 0 Å². The van der Waals surface area contributed by atoms with Crippen LogP contribution in [0.1, 0.15) is 26.2 Å². The molecule has 84 valence electrons. The first-order valence-electron chi connectivity index (χ1n) is 5.50. The normalized spacial score (nSPS) is 24.9. The van der Waals surface area contributed by atoms with Crippen molar-refractivity contribution in [2.24, 2.45) is 11.8 Å². The highest BCUT2D eigenvalue weighted by molar-refractivity contribution is 4.76. The summed E-state index contributed by atoms with van der Waals surface area (Å²) in [4.78, 5) is 0. The average molecular weight is 202 g/mol. The van der Waals surface area contributed by atoms with Gasteiger partial charge in [0.15, 0.2) is 0 Å². The number of hydrogen-bond donors (Lipinski definition) is 2. The van der Waals surface area contributed by atoms with Crippen LogP contribution >= 0.6 is 0 Å². The van der Waals surface area contributed by atoms with Crippen LogP contribution in [0, 0.1) is 5.92 Å². The van der Waals surface area contributed by atoms with Gasteiger partial charge in [0.2, 0.25) is 0 Å². The summed E-state index contributed by atoms with van der Waals surface area (Å²) in [6.45, 7) is 5.30. The quantitative estimate of drug-likeness (QED) is 0.378. The Kier molecular flexibility index (Phi) is 6.10. The first-order chi connectivity index (χ1) is 6.88. The van der Waals surface area contributed by atoms with Crippen LogP contribution in [0.5, 0.6) is 0 Å². The summed E-state index contributed by atoms with van der Waals surface area (Å²) in [5, 5.41) is 0. The summed E-state index contributed by atoms with van der Waals surface area (Å²) >= 11 is 0. The van der Waals surface area contributed by atoms with E-state index in [9.17, 15) is 0 Å². The molecule has 4 nitrogen and oxygen atoms in total. The summed E-state index contributed by atoms with van der Waals surface area (Å²) in [5.74, 6) is 6.07. The van der Waals surface area contributed by atoms with E-state index in [0.29, 0.717) is 12.0 Å². The van der Waals surface area contributed by atoms with Gasteiger partial charge in [-0.2, -0.15) is 0 Å². The zero-order chi connectivity index (χ0) is 10.2. The first kappa shape index (κ1) is 11.9. The molecule has 2 unspecified atom stereocenters. The van der Waals surface area contributed by atoms with Crippen LogP contribution in [-0.4, -0.2) is 32.5 Å². The molecule has 2 atom stereocenters. The predicted octanol–water partition coefficient (Wildman–Crippen LogP) is 0.671. The van der Waals surface area contributed by atoms with Crippen molar-refractivity contribution in [1.29, 1.82) is 0 Å². The van der Waals surface area contributed by atoms with E-state index in [4.69, 9.17) is 15.3 Å². The standard InChI is InChI=1S/C10H22N2O2/c1-2-13-7-5-10(12-11)9-4-3-6-14-8-9/h9-10,12H,2-8,11H2,1H3. The Morgan fingerprint density at radius 3 is 3.07 bits per heavy atom. The van der Waals surface area contributed by atoms with Crippen molar-refractivity contribution in [3.63, 3.8) is 0 Å². The minimum absolute atomic E-state index is 0.335. The van der Waals surface area contributed by atoms with Crippen molar-refractivity contribution >= 4 is 0 Å². The summed E-state index contributed by atoms with van der Waals surface area (Å²) in [6.07, 6.45) is 3.33. The van der Waals surface area contributed by atoms with Gasteiger partial charge in [0.25, 0.3) is 0 Å². The molecule has 3 N–H and O–H groups in total. The van der Waals surface area contributed by atoms with Crippen molar-refractivity contribution in [3.05, 3.63) is 0 Å². The highest BCUT2D eigenvalue weighted by atomic mass is 16.5. The molecule has 0 radical (unpaired) electrons. The third-order valence-electron chi connectivity index (χ3n) is 2.76. The first-order valence-corrected chi connectivity index (χ1v) is 5.50. The predicted molar refractivity (Wildman–Crippen MR) is 55.8 cm³/mol. The maximum Gasteiger partial charge on any atom is 0.0509 e. The van der Waals surface area contributed by atoms with Crippen LogP contribution in [0.4, 0.5) is 0 Å². The van der Waals surface area contributed by atoms with E-state index in [2.05, 4.69) is 5.43 Å². The minimum Gasteiger partial charge on any atom is -0.382 e. The Hall–Kier alpha value is -0.160. The van der Waals surface area contributed by atoms with Crippen molar-refractivity contribution < 1.29 is 9.47 Å². The van der Waals surface area contributed by atoms with Crippen LogP contribution < -0.4 is 11.3 Å². The van der Waals surface area contributed by atoms with Crippen molar-refractivity contribution in [2.75, 3.05) is 26.4 Å². The molecule has 1 rings (SSSR count). The third-order valence-corrected chi connectivity index (χ3v) is 2.76. The van der Waals surface area contributed by atoms with Gasteiger partial charge in [0.05, 0.1) is 6.61 Å². The fourth-order valence-corrected chi connectivity index (χ4v) is 1.89. The van der Waals surface area contributed by atoms with E-state index in [1.165, 1.54) is 6.42 Å². The van der Waals surface area contributed by atoms with E-state index in [0.717, 1.165) is 39.3 Å². The molecular formula is C10H22N2O2. The fourth-order valence-electron chi connectivity index (χ4n) is 1.89. The molecule has 0 amide bonds. The Morgan fingerprint density at radius 2 is 2.50 bits per heavy atom. The zero-order valence-corrected chi connectivity index (χ0v) is 9.00. The second-order valence-electron chi connectivity index (χ2n) is 3.74. The largest absolute Gasteiger partial charge is 0.382 e. The lowest BCUT2D eigenvalue weighted by atomic mass is 9.92. The molecule has 0 aromatic heterocycles. The maximum absolute atomic E-state index is 5.52. The number of hydrogen-bond acceptors (Lipinski definition) is 4. The molecule has 1 fully saturated rings. The van der Waals surface area contributed by atoms with E-state index < -0.39 is 0 Å². The molecule has 0 saturated carbocycles. The molecule has 0 aromatic carbocycles. The van der Waals surface area contributed by atoms with Gasteiger partial charge in [0.1, 0.15) is 0 Å². The topological polar surface area (TPSA) is 56.5 Å². The van der Waals surface area contributed by atoms with Gasteiger partial charge in [-0.3, -0.25) is 11.3 Å². The Labute approximate surface area is 86.1 Å². The number of nitrogens with two attached hydrogens (primary N) is 1. The highest BCUT2D eigenvalue weighted by Crippen LogP contribution is 2.18. The second-order valence-corrected chi connectivity index (χ2v) is 3.74. The molecule has 4 heteroatoms. The smallest absolute Gasteiger partial charge is 0.0509 e. The van der Waals surface area contributed by atoms with Crippen molar-refractivity contribution in [3.8, 4) is 0 Å². The van der Waals surface area contributed by atoms with Crippen LogP contribution in [0.2, 0.25) is 0 Å². The zero-order valence-electron chi connectivity index (χ0n) is 9.00. The Morgan fingerprint density at radius 1 is 1.64 bits per heavy atom. The van der Waals surface area contributed by atoms with Crippen molar-refractivity contribution in [2.45, 2.75) is 32.2 Å². The van der Waals surface area contributed by atoms with Crippen molar-refractivity contribution in [1.82, 2.24) is 5.43 Å². The molecule has 0 aliphatic carbocycles. The molecular weight excluding hydrogens is 180 g/mol. The summed E-state index contributed by atoms with van der Waals surface area (Å²) in [6, 6.07) is 0.335. The number of ether oxygens (including phenoxy) is 2. The second kappa shape index (κ2) is 7.17. The van der Waals surface area contributed by atoms with E-state index in [1.54, 1.807) is 0 Å². The van der Waals surface area contributed by atoms with Crippen LogP contribution in [0.15, 0.2) is 0 Å². The van der Waals surface area contributed by atoms with Gasteiger partial charge in [-0.1, -0.05) is 0 Å². The van der Waals surface area contributed by atoms with E-state index in [1.807, 2.05) is 6.92 Å². The Balaban J connectivity index is 2.21. The molecule has 14 heavy (non-hydrogen) atoms. The highest BCUT2D eigenvalue weighted by Gasteiger charge is 2.22. The van der Waals surface area contributed by atoms with E-state index >= 15 is 0 Å². The SMILES string of the molecule is CCOCCC(NN)C1CCCOC1. The molecule has 1 aliphatic rings. The number of hydrazine groups is 1. The Bertz CT molecular complexity index is 138. The third kappa shape index (κ3) is 3.92. The number of rotatable bonds is 6. The summed E-state index contributed by atoms with van der Waals surface area (Å²) in [7, 11) is 0. The van der Waals surface area contributed by atoms with Gasteiger partial charge in [-0.15, -0.1) is 0 Å². The molecule has 1 saturated heterocycles. The molecule has 1 aliphatic heterocycles. The monoisotopic (exact) mass is 202 g/mol. The lowest BCUT2D eigenvalue weighted by Gasteiger charge is -2.29.